The van der Waals surface area contributed by atoms with Gasteiger partial charge in [0.1, 0.15) is 0 Å². The number of hydrogen-bond donors (Lipinski definition) is 2. The van der Waals surface area contributed by atoms with Crippen LogP contribution in [0.5, 0.6) is 0 Å². The highest BCUT2D eigenvalue weighted by Gasteiger charge is 2.05. The van der Waals surface area contributed by atoms with Crippen molar-refractivity contribution in [1.29, 1.82) is 0 Å². The van der Waals surface area contributed by atoms with E-state index in [0.717, 1.165) is 19.3 Å². The Morgan fingerprint density at radius 2 is 1.84 bits per heavy atom. The Morgan fingerprint density at radius 3 is 2.42 bits per heavy atom. The van der Waals surface area contributed by atoms with Gasteiger partial charge in [-0.05, 0) is 36.8 Å². The molecule has 3 nitrogen and oxygen atoms in total. The van der Waals surface area contributed by atoms with Crippen LogP contribution in [0, 0.1) is 0 Å². The average Bonchev–Trinajstić information content (AvgIpc) is 2.27. The van der Waals surface area contributed by atoms with Crippen molar-refractivity contribution in [3.05, 3.63) is 28.2 Å². The topological polar surface area (TPSA) is 41.1 Å². The predicted octanol–water partition coefficient (Wildman–Crippen LogP) is 4.39. The molecule has 1 aromatic carbocycles. The van der Waals surface area contributed by atoms with Gasteiger partial charge in [-0.1, -0.05) is 43.0 Å². The molecular formula is C13H16Cl2N2OS. The van der Waals surface area contributed by atoms with E-state index in [1.165, 1.54) is 0 Å². The van der Waals surface area contributed by atoms with Gasteiger partial charge in [-0.3, -0.25) is 4.79 Å². The molecule has 0 atom stereocenters. The molecule has 1 aromatic rings. The summed E-state index contributed by atoms with van der Waals surface area (Å²) in [6.07, 6.45) is 3.47. The fourth-order valence-electron chi connectivity index (χ4n) is 1.51. The van der Waals surface area contributed by atoms with Gasteiger partial charge in [0.2, 0.25) is 5.91 Å². The molecule has 1 rings (SSSR count). The van der Waals surface area contributed by atoms with Gasteiger partial charge in [-0.25, -0.2) is 0 Å². The molecule has 0 spiro atoms. The standard InChI is InChI=1S/C13H16Cl2N2OS/c1-2-3-4-5-12(18)17-13(19)16-11-7-9(14)6-10(15)8-11/h6-8H,2-5H2,1H3,(H2,16,17,18,19). The molecule has 0 bridgehead atoms. The Bertz CT molecular complexity index is 446. The molecule has 0 saturated heterocycles. The minimum atomic E-state index is -0.0842. The van der Waals surface area contributed by atoms with Gasteiger partial charge in [-0.2, -0.15) is 0 Å². The zero-order valence-electron chi connectivity index (χ0n) is 10.6. The summed E-state index contributed by atoms with van der Waals surface area (Å²) in [5, 5.41) is 6.76. The summed E-state index contributed by atoms with van der Waals surface area (Å²) in [6, 6.07) is 4.99. The van der Waals surface area contributed by atoms with E-state index in [1.54, 1.807) is 18.2 Å². The minimum absolute atomic E-state index is 0.0842. The minimum Gasteiger partial charge on any atom is -0.332 e. The summed E-state index contributed by atoms with van der Waals surface area (Å²) in [5.74, 6) is -0.0842. The van der Waals surface area contributed by atoms with Crippen molar-refractivity contribution < 1.29 is 4.79 Å². The van der Waals surface area contributed by atoms with E-state index in [4.69, 9.17) is 35.4 Å². The lowest BCUT2D eigenvalue weighted by molar-refractivity contribution is -0.119. The van der Waals surface area contributed by atoms with E-state index in [2.05, 4.69) is 17.6 Å². The van der Waals surface area contributed by atoms with Crippen LogP contribution in [0.2, 0.25) is 10.0 Å². The number of halogens is 2. The van der Waals surface area contributed by atoms with E-state index < -0.39 is 0 Å². The molecule has 0 fully saturated rings. The van der Waals surface area contributed by atoms with Crippen LogP contribution in [-0.4, -0.2) is 11.0 Å². The monoisotopic (exact) mass is 318 g/mol. The fourth-order valence-corrected chi connectivity index (χ4v) is 2.27. The number of anilines is 1. The summed E-state index contributed by atoms with van der Waals surface area (Å²) in [5.41, 5.74) is 0.649. The van der Waals surface area contributed by atoms with E-state index >= 15 is 0 Å². The molecule has 0 aliphatic carbocycles. The molecule has 104 valence electrons. The number of benzene rings is 1. The van der Waals surface area contributed by atoms with Crippen LogP contribution in [0.25, 0.3) is 0 Å². The Hall–Kier alpha value is -0.840. The second-order valence-corrected chi connectivity index (χ2v) is 5.40. The number of nitrogens with one attached hydrogen (secondary N) is 2. The molecule has 0 unspecified atom stereocenters. The fraction of sp³-hybridized carbons (Fsp3) is 0.385. The normalized spacial score (nSPS) is 10.1. The number of thiocarbonyl (C=S) groups is 1. The molecule has 1 amide bonds. The van der Waals surface area contributed by atoms with Crippen LogP contribution in [0.4, 0.5) is 5.69 Å². The molecule has 2 N–H and O–H groups in total. The van der Waals surface area contributed by atoms with Gasteiger partial charge in [0.15, 0.2) is 5.11 Å². The molecule has 19 heavy (non-hydrogen) atoms. The summed E-state index contributed by atoms with van der Waals surface area (Å²) >= 11 is 16.8. The van der Waals surface area contributed by atoms with Crippen molar-refractivity contribution in [1.82, 2.24) is 5.32 Å². The SMILES string of the molecule is CCCCCC(=O)NC(=S)Nc1cc(Cl)cc(Cl)c1. The summed E-state index contributed by atoms with van der Waals surface area (Å²) in [6.45, 7) is 2.09. The van der Waals surface area contributed by atoms with Crippen molar-refractivity contribution in [2.24, 2.45) is 0 Å². The second-order valence-electron chi connectivity index (χ2n) is 4.12. The van der Waals surface area contributed by atoms with E-state index in [-0.39, 0.29) is 11.0 Å². The largest absolute Gasteiger partial charge is 0.332 e. The van der Waals surface area contributed by atoms with Crippen LogP contribution in [0.15, 0.2) is 18.2 Å². The summed E-state index contributed by atoms with van der Waals surface area (Å²) in [7, 11) is 0. The van der Waals surface area contributed by atoms with Gasteiger partial charge in [0, 0.05) is 22.2 Å². The van der Waals surface area contributed by atoms with Gasteiger partial charge in [0.25, 0.3) is 0 Å². The van der Waals surface area contributed by atoms with Crippen LogP contribution in [-0.2, 0) is 4.79 Å². The van der Waals surface area contributed by atoms with Gasteiger partial charge in [0.05, 0.1) is 0 Å². The first-order chi connectivity index (χ1) is 9.01. The summed E-state index contributed by atoms with van der Waals surface area (Å²) < 4.78 is 0. The van der Waals surface area contributed by atoms with Crippen LogP contribution < -0.4 is 10.6 Å². The Balaban J connectivity index is 2.44. The first kappa shape index (κ1) is 16.2. The maximum atomic E-state index is 11.6. The number of hydrogen-bond acceptors (Lipinski definition) is 2. The van der Waals surface area contributed by atoms with E-state index in [9.17, 15) is 4.79 Å². The predicted molar refractivity (Wildman–Crippen MR) is 85.0 cm³/mol. The molecular weight excluding hydrogens is 303 g/mol. The van der Waals surface area contributed by atoms with Crippen molar-refractivity contribution >= 4 is 52.1 Å². The molecule has 0 aromatic heterocycles. The highest BCUT2D eigenvalue weighted by atomic mass is 35.5. The Kier molecular flexibility index (Phi) is 7.13. The van der Waals surface area contributed by atoms with Crippen molar-refractivity contribution in [3.8, 4) is 0 Å². The van der Waals surface area contributed by atoms with Crippen LogP contribution in [0.3, 0.4) is 0 Å². The third-order valence-corrected chi connectivity index (χ3v) is 3.02. The van der Waals surface area contributed by atoms with E-state index in [0.29, 0.717) is 22.2 Å². The lowest BCUT2D eigenvalue weighted by Gasteiger charge is -2.10. The molecule has 0 saturated carbocycles. The zero-order valence-corrected chi connectivity index (χ0v) is 13.0. The summed E-state index contributed by atoms with van der Waals surface area (Å²) in [4.78, 5) is 11.6. The number of amides is 1. The van der Waals surface area contributed by atoms with Crippen LogP contribution in [0.1, 0.15) is 32.6 Å². The van der Waals surface area contributed by atoms with Gasteiger partial charge in [-0.15, -0.1) is 0 Å². The third-order valence-electron chi connectivity index (χ3n) is 2.38. The molecule has 0 aliphatic heterocycles. The third kappa shape index (κ3) is 6.76. The Morgan fingerprint density at radius 1 is 1.21 bits per heavy atom. The zero-order chi connectivity index (χ0) is 14.3. The molecule has 0 radical (unpaired) electrons. The van der Waals surface area contributed by atoms with Crippen molar-refractivity contribution in [2.45, 2.75) is 32.6 Å². The number of rotatable bonds is 5. The van der Waals surface area contributed by atoms with Crippen molar-refractivity contribution in [2.75, 3.05) is 5.32 Å². The van der Waals surface area contributed by atoms with Gasteiger partial charge >= 0.3 is 0 Å². The van der Waals surface area contributed by atoms with Crippen LogP contribution >= 0.6 is 35.4 Å². The molecule has 6 heteroatoms. The first-order valence-corrected chi connectivity index (χ1v) is 7.24. The maximum Gasteiger partial charge on any atom is 0.226 e. The highest BCUT2D eigenvalue weighted by molar-refractivity contribution is 7.80. The maximum absolute atomic E-state index is 11.6. The molecule has 0 heterocycles. The number of carbonyl (C=O) groups is 1. The first-order valence-electron chi connectivity index (χ1n) is 6.08. The number of carbonyl (C=O) groups excluding carboxylic acids is 1. The lowest BCUT2D eigenvalue weighted by atomic mass is 10.2. The quantitative estimate of drug-likeness (QED) is 0.625. The van der Waals surface area contributed by atoms with E-state index in [1.807, 2.05) is 0 Å². The second kappa shape index (κ2) is 8.35. The highest BCUT2D eigenvalue weighted by Crippen LogP contribution is 2.22. The lowest BCUT2D eigenvalue weighted by Crippen LogP contribution is -2.33. The Labute approximate surface area is 128 Å². The van der Waals surface area contributed by atoms with Crippen molar-refractivity contribution in [3.63, 3.8) is 0 Å². The number of unbranched alkanes of at least 4 members (excludes halogenated alkanes) is 2. The molecule has 0 aliphatic rings. The van der Waals surface area contributed by atoms with Gasteiger partial charge < -0.3 is 10.6 Å². The average molecular weight is 319 g/mol. The smallest absolute Gasteiger partial charge is 0.226 e.